The Balaban J connectivity index is 2.14. The molecule has 22 heavy (non-hydrogen) atoms. The molecule has 0 unspecified atom stereocenters. The van der Waals surface area contributed by atoms with Crippen molar-refractivity contribution in [2.24, 2.45) is 0 Å². The van der Waals surface area contributed by atoms with Gasteiger partial charge in [0.15, 0.2) is 0 Å². The quantitative estimate of drug-likeness (QED) is 0.484. The number of benzene rings is 1. The number of aromatic nitrogens is 1. The molecule has 0 amide bonds. The maximum atomic E-state index is 11.2. The second kappa shape index (κ2) is 4.76. The van der Waals surface area contributed by atoms with Crippen molar-refractivity contribution < 1.29 is 14.2 Å². The maximum absolute atomic E-state index is 11.2. The summed E-state index contributed by atoms with van der Waals surface area (Å²) < 4.78 is 12.1. The van der Waals surface area contributed by atoms with Gasteiger partial charge in [0, 0.05) is 17.6 Å². The zero-order valence-electron chi connectivity index (χ0n) is 13.0. The normalized spacial score (nSPS) is 19.5. The Morgan fingerprint density at radius 3 is 2.36 bits per heavy atom. The Kier molecular flexibility index (Phi) is 3.23. The minimum atomic E-state index is -0.572. The van der Waals surface area contributed by atoms with E-state index >= 15 is 0 Å². The fraction of sp³-hybridized carbons (Fsp3) is 0.400. The molecule has 0 aliphatic carbocycles. The van der Waals surface area contributed by atoms with Gasteiger partial charge in [-0.2, -0.15) is 0 Å². The van der Waals surface area contributed by atoms with Crippen molar-refractivity contribution in [2.45, 2.75) is 38.9 Å². The van der Waals surface area contributed by atoms with Crippen LogP contribution in [-0.4, -0.2) is 28.2 Å². The van der Waals surface area contributed by atoms with Crippen LogP contribution in [0, 0.1) is 10.1 Å². The van der Waals surface area contributed by atoms with E-state index in [-0.39, 0.29) is 5.69 Å². The number of pyridine rings is 1. The first-order chi connectivity index (χ1) is 10.2. The number of non-ortho nitro benzene ring substituents is 1. The third-order valence-electron chi connectivity index (χ3n) is 4.49. The van der Waals surface area contributed by atoms with Crippen LogP contribution in [0.2, 0.25) is 0 Å². The largest absolute Gasteiger partial charge is 0.495 e. The molecule has 0 atom stereocenters. The van der Waals surface area contributed by atoms with Gasteiger partial charge in [0.1, 0.15) is 5.52 Å². The average Bonchev–Trinajstić information content (AvgIpc) is 2.65. The van der Waals surface area contributed by atoms with Crippen molar-refractivity contribution in [3.05, 3.63) is 40.6 Å². The fourth-order valence-electron chi connectivity index (χ4n) is 2.50. The van der Waals surface area contributed by atoms with Gasteiger partial charge in [-0.1, -0.05) is 12.1 Å². The monoisotopic (exact) mass is 300 g/mol. The van der Waals surface area contributed by atoms with Crippen molar-refractivity contribution >= 4 is 29.2 Å². The van der Waals surface area contributed by atoms with Crippen LogP contribution >= 0.6 is 0 Å². The van der Waals surface area contributed by atoms with Gasteiger partial charge < -0.3 is 9.31 Å². The lowest BCUT2D eigenvalue weighted by atomic mass is 9.76. The topological polar surface area (TPSA) is 74.5 Å². The van der Waals surface area contributed by atoms with Crippen molar-refractivity contribution in [2.75, 3.05) is 0 Å². The van der Waals surface area contributed by atoms with E-state index < -0.39 is 23.2 Å². The van der Waals surface area contributed by atoms with Gasteiger partial charge >= 0.3 is 7.12 Å². The molecule has 0 radical (unpaired) electrons. The van der Waals surface area contributed by atoms with E-state index in [0.717, 1.165) is 5.46 Å². The van der Waals surface area contributed by atoms with Crippen LogP contribution in [0.1, 0.15) is 27.7 Å². The molecule has 0 bridgehead atoms. The van der Waals surface area contributed by atoms with Crippen LogP contribution in [0.5, 0.6) is 0 Å². The standard InChI is InChI=1S/C15H17BN2O4/c1-14(2)15(3,4)22-16(21-14)11-7-8-12(18(19)20)13-10(11)6-5-9-17-13/h5-9H,1-4H3. The van der Waals surface area contributed by atoms with E-state index in [4.69, 9.17) is 9.31 Å². The van der Waals surface area contributed by atoms with E-state index in [1.54, 1.807) is 24.4 Å². The summed E-state index contributed by atoms with van der Waals surface area (Å²) in [5.74, 6) is 0. The van der Waals surface area contributed by atoms with Gasteiger partial charge in [0.2, 0.25) is 0 Å². The van der Waals surface area contributed by atoms with Gasteiger partial charge in [0.25, 0.3) is 5.69 Å². The smallest absolute Gasteiger partial charge is 0.399 e. The van der Waals surface area contributed by atoms with Crippen molar-refractivity contribution in [3.8, 4) is 0 Å². The molecule has 0 saturated carbocycles. The first-order valence-corrected chi connectivity index (χ1v) is 7.10. The van der Waals surface area contributed by atoms with Gasteiger partial charge in [-0.3, -0.25) is 10.1 Å². The Morgan fingerprint density at radius 2 is 1.77 bits per heavy atom. The van der Waals surface area contributed by atoms with Crippen LogP contribution in [0.3, 0.4) is 0 Å². The van der Waals surface area contributed by atoms with Gasteiger partial charge in [0.05, 0.1) is 16.1 Å². The zero-order chi connectivity index (χ0) is 16.1. The Labute approximate surface area is 128 Å². The zero-order valence-corrected chi connectivity index (χ0v) is 13.0. The second-order valence-corrected chi connectivity index (χ2v) is 6.42. The summed E-state index contributed by atoms with van der Waals surface area (Å²) in [6.45, 7) is 7.88. The summed E-state index contributed by atoms with van der Waals surface area (Å²) in [6.07, 6.45) is 1.54. The molecule has 7 heteroatoms. The number of nitrogens with zero attached hydrogens (tertiary/aromatic N) is 2. The number of nitro groups is 1. The second-order valence-electron chi connectivity index (χ2n) is 6.42. The van der Waals surface area contributed by atoms with Crippen molar-refractivity contribution in [1.82, 2.24) is 4.98 Å². The lowest BCUT2D eigenvalue weighted by Gasteiger charge is -2.32. The predicted octanol–water partition coefficient (Wildman–Crippen LogP) is 2.44. The molecule has 1 aromatic carbocycles. The SMILES string of the molecule is CC1(C)OB(c2ccc([N+](=O)[O-])c3ncccc23)OC1(C)C. The molecular weight excluding hydrogens is 283 g/mol. The Morgan fingerprint density at radius 1 is 1.14 bits per heavy atom. The summed E-state index contributed by atoms with van der Waals surface area (Å²) in [7, 11) is -0.572. The summed E-state index contributed by atoms with van der Waals surface area (Å²) in [5, 5.41) is 11.8. The number of nitro benzene ring substituents is 1. The van der Waals surface area contributed by atoms with E-state index in [9.17, 15) is 10.1 Å². The highest BCUT2D eigenvalue weighted by atomic mass is 16.7. The van der Waals surface area contributed by atoms with E-state index in [0.29, 0.717) is 10.9 Å². The number of rotatable bonds is 2. The summed E-state index contributed by atoms with van der Waals surface area (Å²) in [4.78, 5) is 14.9. The first kappa shape index (κ1) is 14.9. The van der Waals surface area contributed by atoms with Gasteiger partial charge in [-0.05, 0) is 39.2 Å². The van der Waals surface area contributed by atoms with E-state index in [1.165, 1.54) is 6.07 Å². The molecular formula is C15H17BN2O4. The highest BCUT2D eigenvalue weighted by molar-refractivity contribution is 6.65. The van der Waals surface area contributed by atoms with E-state index in [2.05, 4.69) is 4.98 Å². The summed E-state index contributed by atoms with van der Waals surface area (Å²) in [6, 6.07) is 6.69. The van der Waals surface area contributed by atoms with Crippen LogP contribution in [0.4, 0.5) is 5.69 Å². The van der Waals surface area contributed by atoms with Gasteiger partial charge in [-0.25, -0.2) is 4.98 Å². The molecule has 1 aliphatic rings. The van der Waals surface area contributed by atoms with Crippen molar-refractivity contribution in [1.29, 1.82) is 0 Å². The third-order valence-corrected chi connectivity index (χ3v) is 4.49. The third kappa shape index (κ3) is 2.17. The highest BCUT2D eigenvalue weighted by Gasteiger charge is 2.52. The lowest BCUT2D eigenvalue weighted by molar-refractivity contribution is -0.383. The molecule has 1 aliphatic heterocycles. The number of hydrogen-bond donors (Lipinski definition) is 0. The number of fused-ring (bicyclic) bond motifs is 1. The average molecular weight is 300 g/mol. The van der Waals surface area contributed by atoms with Crippen molar-refractivity contribution in [3.63, 3.8) is 0 Å². The maximum Gasteiger partial charge on any atom is 0.495 e. The molecule has 0 spiro atoms. The van der Waals surface area contributed by atoms with E-state index in [1.807, 2.05) is 27.7 Å². The molecule has 2 heterocycles. The fourth-order valence-corrected chi connectivity index (χ4v) is 2.50. The highest BCUT2D eigenvalue weighted by Crippen LogP contribution is 2.37. The Bertz CT molecular complexity index is 744. The molecule has 6 nitrogen and oxygen atoms in total. The number of hydrogen-bond acceptors (Lipinski definition) is 5. The minimum Gasteiger partial charge on any atom is -0.399 e. The predicted molar refractivity (Wildman–Crippen MR) is 84.1 cm³/mol. The summed E-state index contributed by atoms with van der Waals surface area (Å²) in [5.41, 5.74) is 0.157. The Hall–Kier alpha value is -1.99. The van der Waals surface area contributed by atoms with Crippen LogP contribution in [-0.2, 0) is 9.31 Å². The molecule has 1 fully saturated rings. The summed E-state index contributed by atoms with van der Waals surface area (Å²) >= 11 is 0. The molecule has 114 valence electrons. The van der Waals surface area contributed by atoms with Gasteiger partial charge in [-0.15, -0.1) is 0 Å². The van der Waals surface area contributed by atoms with Crippen LogP contribution in [0.25, 0.3) is 10.9 Å². The van der Waals surface area contributed by atoms with Crippen LogP contribution in [0.15, 0.2) is 30.5 Å². The molecule has 1 saturated heterocycles. The molecule has 2 aromatic rings. The molecule has 3 rings (SSSR count). The van der Waals surface area contributed by atoms with Crippen LogP contribution < -0.4 is 5.46 Å². The minimum absolute atomic E-state index is 0.0177. The molecule has 1 aromatic heterocycles. The molecule has 0 N–H and O–H groups in total. The first-order valence-electron chi connectivity index (χ1n) is 7.10. The lowest BCUT2D eigenvalue weighted by Crippen LogP contribution is -2.41.